The molecule has 0 bridgehead atoms. The van der Waals surface area contributed by atoms with E-state index in [0.717, 1.165) is 19.3 Å². The van der Waals surface area contributed by atoms with Gasteiger partial charge in [0.15, 0.2) is 0 Å². The summed E-state index contributed by atoms with van der Waals surface area (Å²) in [5.74, 6) is 2.66. The Kier molecular flexibility index (Phi) is 3.41. The zero-order chi connectivity index (χ0) is 8.81. The van der Waals surface area contributed by atoms with Crippen LogP contribution in [0.1, 0.15) is 26.2 Å². The van der Waals surface area contributed by atoms with Crippen LogP contribution in [0.25, 0.3) is 0 Å². The van der Waals surface area contributed by atoms with Gasteiger partial charge in [0.2, 0.25) is 0 Å². The van der Waals surface area contributed by atoms with Crippen molar-refractivity contribution >= 4 is 0 Å². The molecule has 0 heterocycles. The Morgan fingerprint density at radius 3 is 2.67 bits per heavy atom. The first-order valence-electron chi connectivity index (χ1n) is 4.32. The summed E-state index contributed by atoms with van der Waals surface area (Å²) in [6.07, 6.45) is 16.7. The minimum absolute atomic E-state index is 0.887. The van der Waals surface area contributed by atoms with E-state index in [-0.39, 0.29) is 0 Å². The van der Waals surface area contributed by atoms with Crippen molar-refractivity contribution in [1.82, 2.24) is 0 Å². The van der Waals surface area contributed by atoms with E-state index in [1.165, 1.54) is 11.1 Å². The molecule has 0 heteroatoms. The second-order valence-electron chi connectivity index (χ2n) is 3.01. The van der Waals surface area contributed by atoms with Crippen LogP contribution in [0.15, 0.2) is 35.5 Å². The van der Waals surface area contributed by atoms with E-state index in [4.69, 9.17) is 6.42 Å². The third-order valence-electron chi connectivity index (χ3n) is 2.03. The van der Waals surface area contributed by atoms with Crippen molar-refractivity contribution in [1.29, 1.82) is 0 Å². The molecule has 0 nitrogen and oxygen atoms in total. The number of rotatable bonds is 3. The van der Waals surface area contributed by atoms with Gasteiger partial charge in [-0.15, -0.1) is 12.3 Å². The quantitative estimate of drug-likeness (QED) is 0.437. The highest BCUT2D eigenvalue weighted by atomic mass is 14.0. The van der Waals surface area contributed by atoms with E-state index in [9.17, 15) is 0 Å². The molecule has 0 aromatic carbocycles. The summed E-state index contributed by atoms with van der Waals surface area (Å²) in [6, 6.07) is 0. The van der Waals surface area contributed by atoms with Crippen LogP contribution in [0.5, 0.6) is 0 Å². The van der Waals surface area contributed by atoms with Gasteiger partial charge in [0.1, 0.15) is 0 Å². The van der Waals surface area contributed by atoms with Gasteiger partial charge in [-0.1, -0.05) is 29.9 Å². The molecule has 0 aromatic heterocycles. The second kappa shape index (κ2) is 4.62. The molecule has 1 aliphatic rings. The lowest BCUT2D eigenvalue weighted by atomic mass is 10.1. The maximum Gasteiger partial charge on any atom is 0.00891 e. The zero-order valence-electron chi connectivity index (χ0n) is 7.51. The number of hydrogen-bond acceptors (Lipinski definition) is 0. The fourth-order valence-electron chi connectivity index (χ4n) is 1.26. The molecule has 0 atom stereocenters. The Morgan fingerprint density at radius 2 is 2.08 bits per heavy atom. The lowest BCUT2D eigenvalue weighted by Gasteiger charge is -2.00. The predicted molar refractivity (Wildman–Crippen MR) is 53.7 cm³/mol. The van der Waals surface area contributed by atoms with E-state index in [0.29, 0.717) is 0 Å². The van der Waals surface area contributed by atoms with Gasteiger partial charge in [-0.3, -0.25) is 0 Å². The molecule has 0 amide bonds. The third-order valence-corrected chi connectivity index (χ3v) is 2.03. The highest BCUT2D eigenvalue weighted by Crippen LogP contribution is 2.17. The summed E-state index contributed by atoms with van der Waals surface area (Å²) in [7, 11) is 0. The van der Waals surface area contributed by atoms with Gasteiger partial charge in [-0.2, -0.15) is 0 Å². The summed E-state index contributed by atoms with van der Waals surface area (Å²) in [4.78, 5) is 0. The molecule has 1 aliphatic carbocycles. The maximum atomic E-state index is 5.17. The Labute approximate surface area is 74.7 Å². The van der Waals surface area contributed by atoms with Crippen molar-refractivity contribution in [2.45, 2.75) is 26.2 Å². The second-order valence-corrected chi connectivity index (χ2v) is 3.01. The van der Waals surface area contributed by atoms with Crippen molar-refractivity contribution in [2.24, 2.45) is 0 Å². The van der Waals surface area contributed by atoms with Crippen LogP contribution in [-0.2, 0) is 0 Å². The molecule has 0 radical (unpaired) electrons. The van der Waals surface area contributed by atoms with Crippen LogP contribution < -0.4 is 0 Å². The normalized spacial score (nSPS) is 13.5. The van der Waals surface area contributed by atoms with Crippen LogP contribution in [0.4, 0.5) is 0 Å². The molecule has 0 saturated heterocycles. The van der Waals surface area contributed by atoms with E-state index >= 15 is 0 Å². The summed E-state index contributed by atoms with van der Waals surface area (Å²) in [5, 5.41) is 0. The number of unbranched alkanes of at least 4 members (excludes halogenated alkanes) is 1. The largest absolute Gasteiger partial charge is 0.120 e. The lowest BCUT2D eigenvalue weighted by Crippen LogP contribution is -1.81. The standard InChI is InChI=1S/C12H14/c1-3-4-5-8-11(2)12-9-6-7-10-12/h1,6-7,9-10H,4-5,8H2,2H3. The van der Waals surface area contributed by atoms with E-state index in [1.54, 1.807) is 0 Å². The van der Waals surface area contributed by atoms with E-state index < -0.39 is 0 Å². The molecule has 62 valence electrons. The smallest absolute Gasteiger partial charge is 0.00891 e. The van der Waals surface area contributed by atoms with Crippen LogP contribution in [-0.4, -0.2) is 0 Å². The molecule has 0 aliphatic heterocycles. The van der Waals surface area contributed by atoms with Gasteiger partial charge in [0, 0.05) is 6.42 Å². The summed E-state index contributed by atoms with van der Waals surface area (Å²) < 4.78 is 0. The number of hydrogen-bond donors (Lipinski definition) is 0. The Bertz CT molecular complexity index is 255. The van der Waals surface area contributed by atoms with Crippen LogP contribution in [0, 0.1) is 12.3 Å². The highest BCUT2D eigenvalue weighted by molar-refractivity contribution is 5.42. The first-order chi connectivity index (χ1) is 5.84. The molecule has 0 saturated carbocycles. The molecule has 0 spiro atoms. The van der Waals surface area contributed by atoms with Crippen molar-refractivity contribution in [3.05, 3.63) is 35.5 Å². The number of allylic oxidation sites excluding steroid dienone is 6. The molecule has 0 N–H and O–H groups in total. The SMILES string of the molecule is C#CCCCC(C)=C1C=CC=C1. The van der Waals surface area contributed by atoms with Crippen molar-refractivity contribution in [3.8, 4) is 12.3 Å². The van der Waals surface area contributed by atoms with Gasteiger partial charge >= 0.3 is 0 Å². The van der Waals surface area contributed by atoms with Gasteiger partial charge < -0.3 is 0 Å². The molecular weight excluding hydrogens is 144 g/mol. The van der Waals surface area contributed by atoms with Gasteiger partial charge in [0.25, 0.3) is 0 Å². The summed E-state index contributed by atoms with van der Waals surface area (Å²) in [5.41, 5.74) is 2.79. The van der Waals surface area contributed by atoms with Gasteiger partial charge in [0.05, 0.1) is 0 Å². The van der Waals surface area contributed by atoms with Gasteiger partial charge in [-0.05, 0) is 25.3 Å². The van der Waals surface area contributed by atoms with Crippen molar-refractivity contribution < 1.29 is 0 Å². The molecule has 12 heavy (non-hydrogen) atoms. The van der Waals surface area contributed by atoms with Gasteiger partial charge in [-0.25, -0.2) is 0 Å². The maximum absolute atomic E-state index is 5.17. The van der Waals surface area contributed by atoms with Crippen LogP contribution >= 0.6 is 0 Å². The first kappa shape index (κ1) is 8.87. The molecular formula is C12H14. The fraction of sp³-hybridized carbons (Fsp3) is 0.333. The highest BCUT2D eigenvalue weighted by Gasteiger charge is 1.97. The molecule has 0 unspecified atom stereocenters. The van der Waals surface area contributed by atoms with E-state index in [2.05, 4.69) is 37.1 Å². The minimum Gasteiger partial charge on any atom is -0.120 e. The Morgan fingerprint density at radius 1 is 1.42 bits per heavy atom. The average Bonchev–Trinajstić information content (AvgIpc) is 2.56. The Hall–Kier alpha value is -1.22. The van der Waals surface area contributed by atoms with Crippen LogP contribution in [0.3, 0.4) is 0 Å². The average molecular weight is 158 g/mol. The van der Waals surface area contributed by atoms with Crippen molar-refractivity contribution in [2.75, 3.05) is 0 Å². The first-order valence-corrected chi connectivity index (χ1v) is 4.32. The number of terminal acetylenes is 1. The molecule has 1 rings (SSSR count). The predicted octanol–water partition coefficient (Wildman–Crippen LogP) is 3.23. The summed E-state index contributed by atoms with van der Waals surface area (Å²) in [6.45, 7) is 2.17. The third kappa shape index (κ3) is 2.43. The molecule has 0 aromatic rings. The van der Waals surface area contributed by atoms with E-state index in [1.807, 2.05) is 0 Å². The topological polar surface area (TPSA) is 0 Å². The Balaban J connectivity index is 2.42. The zero-order valence-corrected chi connectivity index (χ0v) is 7.51. The fourth-order valence-corrected chi connectivity index (χ4v) is 1.26. The monoisotopic (exact) mass is 158 g/mol. The molecule has 0 fully saturated rings. The van der Waals surface area contributed by atoms with Crippen LogP contribution in [0.2, 0.25) is 0 Å². The van der Waals surface area contributed by atoms with Crippen molar-refractivity contribution in [3.63, 3.8) is 0 Å². The minimum atomic E-state index is 0.887. The lowest BCUT2D eigenvalue weighted by molar-refractivity contribution is 0.843. The summed E-state index contributed by atoms with van der Waals surface area (Å²) >= 11 is 0.